The first-order chi connectivity index (χ1) is 16.4. The summed E-state index contributed by atoms with van der Waals surface area (Å²) in [6.45, 7) is 3.73. The van der Waals surface area contributed by atoms with Gasteiger partial charge in [-0.15, -0.1) is 0 Å². The number of carbonyl (C=O) groups excluding carboxylic acids is 1. The zero-order chi connectivity index (χ0) is 24.2. The number of allylic oxidation sites excluding steroid dienone is 1. The molecule has 4 aromatic rings. The highest BCUT2D eigenvalue weighted by Crippen LogP contribution is 2.30. The quantitative estimate of drug-likeness (QED) is 0.153. The maximum Gasteiger partial charge on any atom is 0.272 e. The molecule has 1 heterocycles. The average molecular weight is 455 g/mol. The fraction of sp³-hybridized carbons (Fsp3) is 0.115. The van der Waals surface area contributed by atoms with Gasteiger partial charge in [0.25, 0.3) is 11.5 Å². The molecule has 0 spiro atoms. The molecule has 1 aromatic heterocycles. The van der Waals surface area contributed by atoms with Crippen LogP contribution in [0.5, 0.6) is 0 Å². The third kappa shape index (κ3) is 4.45. The summed E-state index contributed by atoms with van der Waals surface area (Å²) >= 11 is 0. The van der Waals surface area contributed by atoms with Crippen LogP contribution in [0.3, 0.4) is 0 Å². The number of aryl methyl sites for hydroxylation is 1. The Bertz CT molecular complexity index is 1440. The highest BCUT2D eigenvalue weighted by atomic mass is 16.2. The van der Waals surface area contributed by atoms with Gasteiger partial charge in [0.2, 0.25) is 0 Å². The van der Waals surface area contributed by atoms with Crippen LogP contribution in [-0.2, 0) is 4.79 Å². The van der Waals surface area contributed by atoms with Crippen LogP contribution in [-0.4, -0.2) is 22.6 Å². The Labute approximate surface area is 196 Å². The number of anilines is 2. The van der Waals surface area contributed by atoms with E-state index in [1.54, 1.807) is 19.1 Å². The molecule has 0 saturated carbocycles. The minimum Gasteiger partial charge on any atom is -0.359 e. The maximum atomic E-state index is 13.2. The topological polar surface area (TPSA) is 130 Å². The number of fused-ring (bicyclic) bond motifs is 1. The molecule has 172 valence electrons. The van der Waals surface area contributed by atoms with Crippen LogP contribution in [0, 0.1) is 6.92 Å². The Morgan fingerprint density at radius 1 is 1.03 bits per heavy atom. The first-order valence-corrected chi connectivity index (χ1v) is 10.8. The summed E-state index contributed by atoms with van der Waals surface area (Å²) in [6, 6.07) is 22.2. The summed E-state index contributed by atoms with van der Waals surface area (Å²) in [5.74, 6) is 5.82. The Kier molecular flexibility index (Phi) is 6.53. The molecule has 0 unspecified atom stereocenters. The summed E-state index contributed by atoms with van der Waals surface area (Å²) in [4.78, 5) is 25.3. The van der Waals surface area contributed by atoms with Gasteiger partial charge >= 0.3 is 0 Å². The maximum absolute atomic E-state index is 13.2. The van der Waals surface area contributed by atoms with E-state index in [1.165, 1.54) is 0 Å². The number of carbonyl (C=O) groups is 1. The molecule has 4 rings (SSSR count). The van der Waals surface area contributed by atoms with Crippen LogP contribution in [0.1, 0.15) is 12.5 Å². The predicted molar refractivity (Wildman–Crippen MR) is 136 cm³/mol. The highest BCUT2D eigenvalue weighted by molar-refractivity contribution is 6.06. The molecule has 34 heavy (non-hydrogen) atoms. The smallest absolute Gasteiger partial charge is 0.272 e. The molecule has 8 heteroatoms. The van der Waals surface area contributed by atoms with Crippen molar-refractivity contribution in [1.82, 2.24) is 10.2 Å². The van der Waals surface area contributed by atoms with Gasteiger partial charge in [-0.2, -0.15) is 5.10 Å². The monoisotopic (exact) mass is 454 g/mol. The van der Waals surface area contributed by atoms with Crippen LogP contribution >= 0.6 is 0 Å². The molecule has 0 bridgehead atoms. The van der Waals surface area contributed by atoms with Crippen molar-refractivity contribution in [2.45, 2.75) is 13.8 Å². The second-order valence-electron chi connectivity index (χ2n) is 7.92. The lowest BCUT2D eigenvalue weighted by atomic mass is 10.00. The number of hydrazine groups is 1. The SMILES string of the molecule is C/C(Nc1ccccc1)=C(/CN)C(=O)N(N)c1ccc(-c2n[nH]c(=O)c3ccccc23)c(C)c1. The number of amides is 1. The number of nitrogens with one attached hydrogen (secondary N) is 2. The molecule has 3 aromatic carbocycles. The largest absolute Gasteiger partial charge is 0.359 e. The van der Waals surface area contributed by atoms with Gasteiger partial charge in [-0.05, 0) is 49.7 Å². The molecule has 0 atom stereocenters. The van der Waals surface area contributed by atoms with E-state index in [1.807, 2.05) is 67.6 Å². The van der Waals surface area contributed by atoms with Crippen molar-refractivity contribution < 1.29 is 4.79 Å². The summed E-state index contributed by atoms with van der Waals surface area (Å²) in [6.07, 6.45) is 0. The van der Waals surface area contributed by atoms with E-state index in [-0.39, 0.29) is 12.1 Å². The number of rotatable bonds is 6. The molecule has 6 N–H and O–H groups in total. The number of aromatic nitrogens is 2. The van der Waals surface area contributed by atoms with Gasteiger partial charge in [-0.3, -0.25) is 9.59 Å². The normalized spacial score (nSPS) is 11.8. The zero-order valence-electron chi connectivity index (χ0n) is 19.0. The Balaban J connectivity index is 1.65. The third-order valence-corrected chi connectivity index (χ3v) is 5.68. The van der Waals surface area contributed by atoms with E-state index < -0.39 is 5.91 Å². The number of hydrogen-bond donors (Lipinski definition) is 4. The average Bonchev–Trinajstić information content (AvgIpc) is 2.85. The highest BCUT2D eigenvalue weighted by Gasteiger charge is 2.20. The van der Waals surface area contributed by atoms with Gasteiger partial charge < -0.3 is 11.1 Å². The number of para-hydroxylation sites is 1. The van der Waals surface area contributed by atoms with Crippen LogP contribution in [0.4, 0.5) is 11.4 Å². The lowest BCUT2D eigenvalue weighted by Crippen LogP contribution is -2.40. The van der Waals surface area contributed by atoms with Crippen molar-refractivity contribution in [1.29, 1.82) is 0 Å². The standard InChI is InChI=1S/C26H26N6O2/c1-16-14-19(12-13-20(16)24-21-10-6-7-11-22(21)25(33)31-30-24)32(28)26(34)23(15-27)17(2)29-18-8-4-3-5-9-18/h3-14,29H,15,27-28H2,1-2H3,(H,31,33)/b23-17+. The van der Waals surface area contributed by atoms with Gasteiger partial charge in [0.15, 0.2) is 0 Å². The second kappa shape index (κ2) is 9.70. The van der Waals surface area contributed by atoms with E-state index in [4.69, 9.17) is 11.6 Å². The van der Waals surface area contributed by atoms with E-state index in [2.05, 4.69) is 15.5 Å². The number of nitrogens with two attached hydrogens (primary N) is 2. The fourth-order valence-electron chi connectivity index (χ4n) is 3.86. The van der Waals surface area contributed by atoms with Gasteiger partial charge in [0.05, 0.1) is 22.3 Å². The van der Waals surface area contributed by atoms with E-state index >= 15 is 0 Å². The van der Waals surface area contributed by atoms with E-state index in [9.17, 15) is 9.59 Å². The van der Waals surface area contributed by atoms with Gasteiger partial charge in [0.1, 0.15) is 0 Å². The Hall–Kier alpha value is -4.27. The number of nitrogens with zero attached hydrogens (tertiary/aromatic N) is 2. The molecular formula is C26H26N6O2. The van der Waals surface area contributed by atoms with Crippen molar-refractivity contribution in [3.8, 4) is 11.3 Å². The molecule has 0 fully saturated rings. The minimum absolute atomic E-state index is 0.0303. The van der Waals surface area contributed by atoms with E-state index in [0.29, 0.717) is 28.0 Å². The molecule has 0 saturated heterocycles. The number of H-pyrrole nitrogens is 1. The molecule has 8 nitrogen and oxygen atoms in total. The summed E-state index contributed by atoms with van der Waals surface area (Å²) in [5.41, 5.74) is 10.4. The summed E-state index contributed by atoms with van der Waals surface area (Å²) < 4.78 is 0. The second-order valence-corrected chi connectivity index (χ2v) is 7.92. The minimum atomic E-state index is -0.400. The van der Waals surface area contributed by atoms with Crippen molar-refractivity contribution in [2.75, 3.05) is 16.9 Å². The molecule has 0 aliphatic rings. The van der Waals surface area contributed by atoms with Crippen molar-refractivity contribution in [2.24, 2.45) is 11.6 Å². The van der Waals surface area contributed by atoms with E-state index in [0.717, 1.165) is 27.2 Å². The fourth-order valence-corrected chi connectivity index (χ4v) is 3.86. The van der Waals surface area contributed by atoms with Crippen LogP contribution in [0.25, 0.3) is 22.0 Å². The molecular weight excluding hydrogens is 428 g/mol. The lowest BCUT2D eigenvalue weighted by molar-refractivity contribution is -0.115. The number of hydrogen-bond acceptors (Lipinski definition) is 6. The molecule has 0 radical (unpaired) electrons. The first-order valence-electron chi connectivity index (χ1n) is 10.8. The Morgan fingerprint density at radius 3 is 2.38 bits per heavy atom. The van der Waals surface area contributed by atoms with Gasteiger partial charge in [0, 0.05) is 28.9 Å². The number of aromatic amines is 1. The molecule has 1 amide bonds. The molecule has 0 aliphatic heterocycles. The van der Waals surface area contributed by atoms with Gasteiger partial charge in [-0.25, -0.2) is 16.0 Å². The Morgan fingerprint density at radius 2 is 1.71 bits per heavy atom. The summed E-state index contributed by atoms with van der Waals surface area (Å²) in [5, 5.41) is 12.4. The number of benzene rings is 3. The van der Waals surface area contributed by atoms with Crippen LogP contribution < -0.4 is 27.5 Å². The first kappa shape index (κ1) is 22.9. The molecule has 0 aliphatic carbocycles. The van der Waals surface area contributed by atoms with Crippen molar-refractivity contribution >= 4 is 28.1 Å². The van der Waals surface area contributed by atoms with Crippen LogP contribution in [0.2, 0.25) is 0 Å². The summed E-state index contributed by atoms with van der Waals surface area (Å²) in [7, 11) is 0. The van der Waals surface area contributed by atoms with Crippen molar-refractivity contribution in [3.63, 3.8) is 0 Å². The predicted octanol–water partition coefficient (Wildman–Crippen LogP) is 3.45. The van der Waals surface area contributed by atoms with Gasteiger partial charge in [-0.1, -0.05) is 42.5 Å². The van der Waals surface area contributed by atoms with Crippen molar-refractivity contribution in [3.05, 3.63) is 100.0 Å². The third-order valence-electron chi connectivity index (χ3n) is 5.68. The zero-order valence-corrected chi connectivity index (χ0v) is 19.0. The lowest BCUT2D eigenvalue weighted by Gasteiger charge is -2.21. The van der Waals surface area contributed by atoms with Crippen LogP contribution in [0.15, 0.2) is 88.9 Å².